The highest BCUT2D eigenvalue weighted by molar-refractivity contribution is 7.94. The first-order valence-electron chi connectivity index (χ1n) is 9.20. The van der Waals surface area contributed by atoms with Crippen molar-refractivity contribution in [3.8, 4) is 0 Å². The number of fused-ring (bicyclic) bond motifs is 2. The summed E-state index contributed by atoms with van der Waals surface area (Å²) in [7, 11) is 0.398. The number of halogens is 1. The number of aromatic nitrogens is 1. The van der Waals surface area contributed by atoms with Gasteiger partial charge in [0.25, 0.3) is 10.0 Å². The molecule has 0 aliphatic heterocycles. The quantitative estimate of drug-likeness (QED) is 0.443. The molecular weight excluding hydrogens is 426 g/mol. The molecule has 0 unspecified atom stereocenters. The first-order valence-corrected chi connectivity index (χ1v) is 11.9. The van der Waals surface area contributed by atoms with Crippen LogP contribution in [0.15, 0.2) is 52.9 Å². The van der Waals surface area contributed by atoms with E-state index in [4.69, 9.17) is 11.6 Å². The maximum atomic E-state index is 13.1. The van der Waals surface area contributed by atoms with Gasteiger partial charge in [0.15, 0.2) is 0 Å². The van der Waals surface area contributed by atoms with Gasteiger partial charge in [0.1, 0.15) is 4.21 Å². The number of thiophene rings is 1. The predicted molar refractivity (Wildman–Crippen MR) is 123 cm³/mol. The Morgan fingerprint density at radius 1 is 1.14 bits per heavy atom. The summed E-state index contributed by atoms with van der Waals surface area (Å²) in [6, 6.07) is 13.1. The van der Waals surface area contributed by atoms with E-state index in [2.05, 4.69) is 14.2 Å². The molecule has 0 saturated carbocycles. The number of likely N-dealkylation sites (N-methyl/N-ethyl adjacent to an activating group) is 1. The topological polar surface area (TPSA) is 54.3 Å². The summed E-state index contributed by atoms with van der Waals surface area (Å²) < 4.78 is 32.2. The number of hydrogen-bond acceptors (Lipinski definition) is 4. The van der Waals surface area contributed by atoms with Gasteiger partial charge in [-0.05, 0) is 74.4 Å². The Hall–Kier alpha value is -2.06. The molecule has 2 heterocycles. The fourth-order valence-corrected chi connectivity index (χ4v) is 6.36. The SMILES string of the molecule is Cc1c(S(=O)(=O)Nc2ccc3c(ccn3CCN(C)C)c2)sc2ccc(Cl)cc12. The monoisotopic (exact) mass is 447 g/mol. The number of nitrogens with zero attached hydrogens (tertiary/aromatic N) is 2. The largest absolute Gasteiger partial charge is 0.346 e. The molecule has 0 spiro atoms. The Kier molecular flexibility index (Phi) is 5.33. The van der Waals surface area contributed by atoms with Crippen molar-refractivity contribution in [1.29, 1.82) is 0 Å². The lowest BCUT2D eigenvalue weighted by molar-refractivity contribution is 0.387. The zero-order valence-corrected chi connectivity index (χ0v) is 18.8. The van der Waals surface area contributed by atoms with E-state index in [1.165, 1.54) is 11.3 Å². The van der Waals surface area contributed by atoms with Crippen molar-refractivity contribution in [3.05, 3.63) is 59.2 Å². The van der Waals surface area contributed by atoms with E-state index < -0.39 is 10.0 Å². The second-order valence-electron chi connectivity index (χ2n) is 7.35. The van der Waals surface area contributed by atoms with Gasteiger partial charge in [0.2, 0.25) is 0 Å². The van der Waals surface area contributed by atoms with E-state index in [1.807, 2.05) is 63.6 Å². The molecule has 0 aliphatic carbocycles. The zero-order chi connectivity index (χ0) is 20.8. The molecule has 0 fully saturated rings. The molecule has 0 amide bonds. The Labute approximate surface area is 179 Å². The van der Waals surface area contributed by atoms with Crippen molar-refractivity contribution in [1.82, 2.24) is 9.47 Å². The van der Waals surface area contributed by atoms with Gasteiger partial charge in [0, 0.05) is 45.6 Å². The van der Waals surface area contributed by atoms with Crippen molar-refractivity contribution < 1.29 is 8.42 Å². The van der Waals surface area contributed by atoms with Crippen LogP contribution in [0.5, 0.6) is 0 Å². The molecule has 0 radical (unpaired) electrons. The molecule has 0 atom stereocenters. The van der Waals surface area contributed by atoms with E-state index in [1.54, 1.807) is 6.07 Å². The number of benzene rings is 2. The van der Waals surface area contributed by atoms with Crippen molar-refractivity contribution in [2.75, 3.05) is 25.4 Å². The average Bonchev–Trinajstić information content (AvgIpc) is 3.21. The average molecular weight is 448 g/mol. The molecule has 2 aromatic heterocycles. The minimum atomic E-state index is -3.69. The van der Waals surface area contributed by atoms with Gasteiger partial charge in [-0.3, -0.25) is 4.72 Å². The van der Waals surface area contributed by atoms with Gasteiger partial charge < -0.3 is 9.47 Å². The lowest BCUT2D eigenvalue weighted by Crippen LogP contribution is -2.17. The Balaban J connectivity index is 1.64. The van der Waals surface area contributed by atoms with Crippen LogP contribution < -0.4 is 4.72 Å². The lowest BCUT2D eigenvalue weighted by atomic mass is 10.2. The number of sulfonamides is 1. The third-order valence-corrected chi connectivity index (χ3v) is 8.42. The smallest absolute Gasteiger partial charge is 0.271 e. The highest BCUT2D eigenvalue weighted by atomic mass is 35.5. The van der Waals surface area contributed by atoms with Crippen molar-refractivity contribution >= 4 is 59.6 Å². The number of rotatable bonds is 6. The van der Waals surface area contributed by atoms with E-state index in [-0.39, 0.29) is 0 Å². The van der Waals surface area contributed by atoms with E-state index in [9.17, 15) is 8.42 Å². The minimum Gasteiger partial charge on any atom is -0.346 e. The first-order chi connectivity index (χ1) is 13.7. The second kappa shape index (κ2) is 7.65. The summed E-state index contributed by atoms with van der Waals surface area (Å²) in [5, 5.41) is 2.47. The maximum absolute atomic E-state index is 13.1. The van der Waals surface area contributed by atoms with Gasteiger partial charge in [0.05, 0.1) is 0 Å². The molecule has 1 N–H and O–H groups in total. The zero-order valence-electron chi connectivity index (χ0n) is 16.4. The van der Waals surface area contributed by atoms with Crippen LogP contribution in [0.4, 0.5) is 5.69 Å². The fraction of sp³-hybridized carbons (Fsp3) is 0.238. The molecule has 2 aromatic carbocycles. The molecule has 4 rings (SSSR count). The Morgan fingerprint density at radius 3 is 2.69 bits per heavy atom. The highest BCUT2D eigenvalue weighted by Crippen LogP contribution is 2.36. The van der Waals surface area contributed by atoms with E-state index in [0.29, 0.717) is 14.9 Å². The Bertz CT molecular complexity index is 1310. The minimum absolute atomic E-state index is 0.318. The number of aryl methyl sites for hydroxylation is 1. The van der Waals surface area contributed by atoms with Crippen molar-refractivity contribution in [2.24, 2.45) is 0 Å². The molecule has 29 heavy (non-hydrogen) atoms. The summed E-state index contributed by atoms with van der Waals surface area (Å²) in [4.78, 5) is 2.13. The van der Waals surface area contributed by atoms with Crippen LogP contribution in [0.2, 0.25) is 5.02 Å². The summed E-state index contributed by atoms with van der Waals surface area (Å²) in [6.45, 7) is 3.64. The van der Waals surface area contributed by atoms with Gasteiger partial charge in [-0.25, -0.2) is 8.42 Å². The molecule has 4 aromatic rings. The third-order valence-electron chi connectivity index (χ3n) is 4.91. The molecule has 8 heteroatoms. The van der Waals surface area contributed by atoms with E-state index in [0.717, 1.165) is 39.6 Å². The maximum Gasteiger partial charge on any atom is 0.271 e. The molecular formula is C21H22ClN3O2S2. The normalized spacial score (nSPS) is 12.3. The molecule has 0 bridgehead atoms. The molecule has 5 nitrogen and oxygen atoms in total. The van der Waals surface area contributed by atoms with Gasteiger partial charge >= 0.3 is 0 Å². The summed E-state index contributed by atoms with van der Waals surface area (Å²) in [5.41, 5.74) is 2.36. The summed E-state index contributed by atoms with van der Waals surface area (Å²) in [6.07, 6.45) is 2.03. The van der Waals surface area contributed by atoms with Crippen LogP contribution in [-0.2, 0) is 16.6 Å². The van der Waals surface area contributed by atoms with Crippen LogP contribution in [0, 0.1) is 6.92 Å². The van der Waals surface area contributed by atoms with E-state index >= 15 is 0 Å². The number of anilines is 1. The second-order valence-corrected chi connectivity index (χ2v) is 10.7. The Morgan fingerprint density at radius 2 is 1.93 bits per heavy atom. The number of hydrogen-bond donors (Lipinski definition) is 1. The third kappa shape index (κ3) is 4.00. The van der Waals surface area contributed by atoms with Crippen molar-refractivity contribution in [3.63, 3.8) is 0 Å². The lowest BCUT2D eigenvalue weighted by Gasteiger charge is -2.12. The van der Waals surface area contributed by atoms with Gasteiger partial charge in [-0.1, -0.05) is 11.6 Å². The molecule has 0 aliphatic rings. The van der Waals surface area contributed by atoms with Crippen molar-refractivity contribution in [2.45, 2.75) is 17.7 Å². The fourth-order valence-electron chi connectivity index (χ4n) is 3.39. The van der Waals surface area contributed by atoms with Crippen LogP contribution >= 0.6 is 22.9 Å². The molecule has 0 saturated heterocycles. The van der Waals surface area contributed by atoms with Crippen LogP contribution in [0.3, 0.4) is 0 Å². The van der Waals surface area contributed by atoms with Crippen LogP contribution in [0.1, 0.15) is 5.56 Å². The van der Waals surface area contributed by atoms with Crippen LogP contribution in [-0.4, -0.2) is 38.5 Å². The summed E-state index contributed by atoms with van der Waals surface area (Å²) >= 11 is 7.33. The summed E-state index contributed by atoms with van der Waals surface area (Å²) in [5.74, 6) is 0. The number of nitrogens with one attached hydrogen (secondary N) is 1. The predicted octanol–water partition coefficient (Wildman–Crippen LogP) is 5.18. The van der Waals surface area contributed by atoms with Crippen LogP contribution in [0.25, 0.3) is 21.0 Å². The van der Waals surface area contributed by atoms with Gasteiger partial charge in [-0.2, -0.15) is 0 Å². The first kappa shape index (κ1) is 20.2. The van der Waals surface area contributed by atoms with Gasteiger partial charge in [-0.15, -0.1) is 11.3 Å². The standard InChI is InChI=1S/C21H22ClN3O2S2/c1-14-18-13-16(22)4-7-20(18)28-21(14)29(26,27)23-17-5-6-19-15(12-17)8-9-25(19)11-10-24(2)3/h4-9,12-13,23H,10-11H2,1-3H3. The molecule has 152 valence electrons. The highest BCUT2D eigenvalue weighted by Gasteiger charge is 2.22.